The molecule has 0 aromatic heterocycles. The summed E-state index contributed by atoms with van der Waals surface area (Å²) in [5.74, 6) is -0.263. The van der Waals surface area contributed by atoms with Gasteiger partial charge in [0.05, 0.1) is 11.7 Å². The van der Waals surface area contributed by atoms with Crippen molar-refractivity contribution in [3.63, 3.8) is 0 Å². The Kier molecular flexibility index (Phi) is 3.88. The van der Waals surface area contributed by atoms with Crippen molar-refractivity contribution in [1.82, 2.24) is 4.90 Å². The van der Waals surface area contributed by atoms with Gasteiger partial charge in [0.1, 0.15) is 11.4 Å². The van der Waals surface area contributed by atoms with Crippen molar-refractivity contribution < 1.29 is 13.9 Å². The number of likely N-dealkylation sites (tertiary alicyclic amines) is 1. The number of carbonyl (C=O) groups is 1. The van der Waals surface area contributed by atoms with Gasteiger partial charge in [-0.25, -0.2) is 9.18 Å². The second-order valence-electron chi connectivity index (χ2n) is 6.21. The summed E-state index contributed by atoms with van der Waals surface area (Å²) in [6.07, 6.45) is -0.320. The highest BCUT2D eigenvalue weighted by molar-refractivity contribution is 5.69. The summed E-state index contributed by atoms with van der Waals surface area (Å²) < 4.78 is 18.9. The maximum atomic E-state index is 13.7. The third-order valence-corrected chi connectivity index (χ3v) is 3.02. The van der Waals surface area contributed by atoms with Gasteiger partial charge in [-0.2, -0.15) is 0 Å². The summed E-state index contributed by atoms with van der Waals surface area (Å²) >= 11 is 0. The quantitative estimate of drug-likeness (QED) is 0.904. The molecule has 1 fully saturated rings. The van der Waals surface area contributed by atoms with Crippen LogP contribution < -0.4 is 5.32 Å². The number of carbonyl (C=O) groups excluding carboxylic acids is 1. The minimum Gasteiger partial charge on any atom is -0.444 e. The molecule has 0 saturated carbocycles. The molecule has 1 aliphatic heterocycles. The van der Waals surface area contributed by atoms with Gasteiger partial charge in [0.25, 0.3) is 0 Å². The van der Waals surface area contributed by atoms with E-state index in [9.17, 15) is 9.18 Å². The zero-order chi connectivity index (χ0) is 14.9. The van der Waals surface area contributed by atoms with Crippen molar-refractivity contribution >= 4 is 11.8 Å². The van der Waals surface area contributed by atoms with Crippen molar-refractivity contribution in [2.24, 2.45) is 0 Å². The highest BCUT2D eigenvalue weighted by Crippen LogP contribution is 2.21. The van der Waals surface area contributed by atoms with E-state index < -0.39 is 5.60 Å². The maximum absolute atomic E-state index is 13.7. The van der Waals surface area contributed by atoms with Crippen LogP contribution in [0, 0.1) is 12.7 Å². The minimum atomic E-state index is -0.487. The van der Waals surface area contributed by atoms with Crippen LogP contribution in [0.4, 0.5) is 14.9 Å². The third-order valence-electron chi connectivity index (χ3n) is 3.02. The van der Waals surface area contributed by atoms with E-state index in [4.69, 9.17) is 4.74 Å². The van der Waals surface area contributed by atoms with Gasteiger partial charge in [0.2, 0.25) is 0 Å². The molecule has 0 radical (unpaired) electrons. The fourth-order valence-corrected chi connectivity index (χ4v) is 2.00. The van der Waals surface area contributed by atoms with Gasteiger partial charge in [0.15, 0.2) is 0 Å². The number of benzene rings is 1. The van der Waals surface area contributed by atoms with Gasteiger partial charge in [-0.05, 0) is 45.4 Å². The molecule has 1 N–H and O–H groups in total. The van der Waals surface area contributed by atoms with Crippen molar-refractivity contribution in [2.45, 2.75) is 39.3 Å². The smallest absolute Gasteiger partial charge is 0.410 e. The molecular formula is C15H21FN2O2. The standard InChI is InChI=1S/C15H21FN2O2/c1-10-5-6-13(12(16)7-10)17-11-8-18(9-11)14(19)20-15(2,3)4/h5-7,11,17H,8-9H2,1-4H3. The Balaban J connectivity index is 1.83. The Hall–Kier alpha value is -1.78. The molecular weight excluding hydrogens is 259 g/mol. The fraction of sp³-hybridized carbons (Fsp3) is 0.533. The second-order valence-corrected chi connectivity index (χ2v) is 6.21. The lowest BCUT2D eigenvalue weighted by molar-refractivity contribution is 0.0105. The minimum absolute atomic E-state index is 0.0692. The predicted molar refractivity (Wildman–Crippen MR) is 76.4 cm³/mol. The monoisotopic (exact) mass is 280 g/mol. The summed E-state index contributed by atoms with van der Waals surface area (Å²) in [7, 11) is 0. The van der Waals surface area contributed by atoms with E-state index in [-0.39, 0.29) is 18.0 Å². The first-order chi connectivity index (χ1) is 9.24. The number of ether oxygens (including phenoxy) is 1. The molecule has 0 unspecified atom stereocenters. The molecule has 110 valence electrons. The number of amides is 1. The first-order valence-corrected chi connectivity index (χ1v) is 6.75. The second kappa shape index (κ2) is 5.31. The number of aryl methyl sites for hydroxylation is 1. The van der Waals surface area contributed by atoms with Crippen LogP contribution in [0.15, 0.2) is 18.2 Å². The van der Waals surface area contributed by atoms with E-state index in [1.54, 1.807) is 11.0 Å². The van der Waals surface area contributed by atoms with Crippen molar-refractivity contribution in [1.29, 1.82) is 0 Å². The number of nitrogens with one attached hydrogen (secondary N) is 1. The molecule has 1 aromatic rings. The first kappa shape index (κ1) is 14.6. The van der Waals surface area contributed by atoms with Crippen LogP contribution in [0.5, 0.6) is 0 Å². The Morgan fingerprint density at radius 2 is 2.05 bits per heavy atom. The van der Waals surface area contributed by atoms with Crippen molar-refractivity contribution in [3.05, 3.63) is 29.6 Å². The zero-order valence-corrected chi connectivity index (χ0v) is 12.4. The number of hydrogen-bond donors (Lipinski definition) is 1. The SMILES string of the molecule is Cc1ccc(NC2CN(C(=O)OC(C)(C)C)C2)c(F)c1. The van der Waals surface area contributed by atoms with Crippen LogP contribution in [0.25, 0.3) is 0 Å². The maximum Gasteiger partial charge on any atom is 0.410 e. The van der Waals surface area contributed by atoms with Crippen LogP contribution in [0.2, 0.25) is 0 Å². The molecule has 0 bridgehead atoms. The number of hydrogen-bond acceptors (Lipinski definition) is 3. The van der Waals surface area contributed by atoms with E-state index in [1.807, 2.05) is 33.8 Å². The zero-order valence-electron chi connectivity index (χ0n) is 12.4. The van der Waals surface area contributed by atoms with Gasteiger partial charge in [0, 0.05) is 13.1 Å². The predicted octanol–water partition coefficient (Wildman–Crippen LogP) is 3.17. The largest absolute Gasteiger partial charge is 0.444 e. The number of anilines is 1. The van der Waals surface area contributed by atoms with Crippen LogP contribution in [-0.2, 0) is 4.74 Å². The normalized spacial score (nSPS) is 15.8. The average molecular weight is 280 g/mol. The highest BCUT2D eigenvalue weighted by Gasteiger charge is 2.33. The lowest BCUT2D eigenvalue weighted by Gasteiger charge is -2.40. The van der Waals surface area contributed by atoms with Gasteiger partial charge in [-0.1, -0.05) is 6.07 Å². The molecule has 1 aromatic carbocycles. The summed E-state index contributed by atoms with van der Waals surface area (Å²) in [5.41, 5.74) is 0.875. The molecule has 2 rings (SSSR count). The first-order valence-electron chi connectivity index (χ1n) is 6.75. The van der Waals surface area contributed by atoms with Gasteiger partial charge in [-0.15, -0.1) is 0 Å². The van der Waals surface area contributed by atoms with E-state index in [2.05, 4.69) is 5.32 Å². The Bertz CT molecular complexity index is 505. The van der Waals surface area contributed by atoms with E-state index in [0.29, 0.717) is 18.8 Å². The van der Waals surface area contributed by atoms with Gasteiger partial charge in [-0.3, -0.25) is 0 Å². The molecule has 0 spiro atoms. The molecule has 1 saturated heterocycles. The molecule has 4 nitrogen and oxygen atoms in total. The average Bonchev–Trinajstić information content (AvgIpc) is 2.22. The summed E-state index contributed by atoms with van der Waals surface area (Å²) in [6, 6.07) is 5.14. The summed E-state index contributed by atoms with van der Waals surface area (Å²) in [4.78, 5) is 13.4. The molecule has 20 heavy (non-hydrogen) atoms. The fourth-order valence-electron chi connectivity index (χ4n) is 2.00. The van der Waals surface area contributed by atoms with Crippen LogP contribution >= 0.6 is 0 Å². The molecule has 1 aliphatic rings. The van der Waals surface area contributed by atoms with Gasteiger partial charge >= 0.3 is 6.09 Å². The Morgan fingerprint density at radius 3 is 2.60 bits per heavy atom. The summed E-state index contributed by atoms with van der Waals surface area (Å²) in [6.45, 7) is 8.41. The van der Waals surface area contributed by atoms with Crippen LogP contribution in [0.1, 0.15) is 26.3 Å². The van der Waals surface area contributed by atoms with Crippen molar-refractivity contribution in [3.8, 4) is 0 Å². The van der Waals surface area contributed by atoms with Crippen molar-refractivity contribution in [2.75, 3.05) is 18.4 Å². The molecule has 5 heteroatoms. The number of rotatable bonds is 2. The third kappa shape index (κ3) is 3.62. The highest BCUT2D eigenvalue weighted by atomic mass is 19.1. The number of nitrogens with zero attached hydrogens (tertiary/aromatic N) is 1. The Labute approximate surface area is 118 Å². The lowest BCUT2D eigenvalue weighted by atomic mass is 10.1. The molecule has 0 aliphatic carbocycles. The Morgan fingerprint density at radius 1 is 1.40 bits per heavy atom. The van der Waals surface area contributed by atoms with Crippen LogP contribution in [0.3, 0.4) is 0 Å². The van der Waals surface area contributed by atoms with E-state index in [1.165, 1.54) is 6.07 Å². The summed E-state index contributed by atoms with van der Waals surface area (Å²) in [5, 5.41) is 3.10. The molecule has 1 amide bonds. The van der Waals surface area contributed by atoms with E-state index >= 15 is 0 Å². The van der Waals surface area contributed by atoms with Gasteiger partial charge < -0.3 is 15.0 Å². The topological polar surface area (TPSA) is 41.6 Å². The molecule has 1 heterocycles. The molecule has 0 atom stereocenters. The van der Waals surface area contributed by atoms with Crippen LogP contribution in [-0.4, -0.2) is 35.7 Å². The lowest BCUT2D eigenvalue weighted by Crippen LogP contribution is -2.58. The number of halogens is 1. The van der Waals surface area contributed by atoms with E-state index in [0.717, 1.165) is 5.56 Å².